The summed E-state index contributed by atoms with van der Waals surface area (Å²) in [5.41, 5.74) is 0.254. The number of carbonyl (C=O) groups excluding carboxylic acids is 1. The van der Waals surface area contributed by atoms with Gasteiger partial charge in [-0.2, -0.15) is 16.7 Å². The molecule has 1 heterocycles. The molecule has 1 rings (SSSR count). The Bertz CT molecular complexity index is 371. The van der Waals surface area contributed by atoms with Crippen molar-refractivity contribution in [3.8, 4) is 11.8 Å². The second-order valence-electron chi connectivity index (χ2n) is 2.83. The van der Waals surface area contributed by atoms with Gasteiger partial charge < -0.3 is 9.47 Å². The molecule has 0 bridgehead atoms. The first-order valence-corrected chi connectivity index (χ1v) is 5.94. The molecule has 88 valence electrons. The van der Waals surface area contributed by atoms with Crippen molar-refractivity contribution in [2.24, 2.45) is 0 Å². The highest BCUT2D eigenvalue weighted by atomic mass is 32.2. The first-order chi connectivity index (χ1) is 7.72. The molecular weight excluding hydrogens is 228 g/mol. The number of ketones is 1. The van der Waals surface area contributed by atoms with Crippen molar-refractivity contribution in [2.45, 2.75) is 6.92 Å². The molecule has 0 aliphatic carbocycles. The van der Waals surface area contributed by atoms with Crippen molar-refractivity contribution in [3.05, 3.63) is 11.9 Å². The Morgan fingerprint density at radius 2 is 2.19 bits per heavy atom. The Kier molecular flexibility index (Phi) is 5.04. The van der Waals surface area contributed by atoms with Gasteiger partial charge in [0.1, 0.15) is 0 Å². The average molecular weight is 242 g/mol. The Labute approximate surface area is 98.6 Å². The van der Waals surface area contributed by atoms with E-state index in [2.05, 4.69) is 9.97 Å². The lowest BCUT2D eigenvalue weighted by atomic mass is 10.3. The van der Waals surface area contributed by atoms with E-state index in [-0.39, 0.29) is 17.4 Å². The van der Waals surface area contributed by atoms with Crippen LogP contribution in [-0.2, 0) is 0 Å². The molecule has 0 fully saturated rings. The molecule has 0 atom stereocenters. The maximum absolute atomic E-state index is 11.7. The SMILES string of the molecule is CCSCC(=O)c1ncc(OC)nc1OC. The second-order valence-corrected chi connectivity index (χ2v) is 4.10. The summed E-state index contributed by atoms with van der Waals surface area (Å²) < 4.78 is 9.91. The van der Waals surface area contributed by atoms with E-state index in [9.17, 15) is 4.79 Å². The van der Waals surface area contributed by atoms with Gasteiger partial charge in [-0.15, -0.1) is 0 Å². The van der Waals surface area contributed by atoms with E-state index in [0.29, 0.717) is 11.6 Å². The lowest BCUT2D eigenvalue weighted by Crippen LogP contribution is -2.09. The number of carbonyl (C=O) groups is 1. The maximum Gasteiger partial charge on any atom is 0.246 e. The van der Waals surface area contributed by atoms with E-state index in [0.717, 1.165) is 5.75 Å². The number of aromatic nitrogens is 2. The standard InChI is InChI=1S/C10H14N2O3S/c1-4-16-6-7(13)9-10(15-3)12-8(14-2)5-11-9/h5H,4,6H2,1-3H3. The Morgan fingerprint density at radius 3 is 2.75 bits per heavy atom. The summed E-state index contributed by atoms with van der Waals surface area (Å²) in [5.74, 6) is 1.72. The zero-order valence-corrected chi connectivity index (χ0v) is 10.3. The van der Waals surface area contributed by atoms with E-state index in [1.807, 2.05) is 6.92 Å². The van der Waals surface area contributed by atoms with Crippen LogP contribution >= 0.6 is 11.8 Å². The smallest absolute Gasteiger partial charge is 0.246 e. The highest BCUT2D eigenvalue weighted by Crippen LogP contribution is 2.18. The third kappa shape index (κ3) is 3.10. The van der Waals surface area contributed by atoms with Crippen LogP contribution in [0.5, 0.6) is 11.8 Å². The minimum atomic E-state index is -0.0844. The highest BCUT2D eigenvalue weighted by molar-refractivity contribution is 7.99. The first kappa shape index (κ1) is 12.8. The van der Waals surface area contributed by atoms with Crippen LogP contribution in [0.15, 0.2) is 6.20 Å². The number of ether oxygens (including phenoxy) is 2. The normalized spacial score (nSPS) is 9.94. The topological polar surface area (TPSA) is 61.3 Å². The number of hydrogen-bond acceptors (Lipinski definition) is 6. The molecule has 6 heteroatoms. The van der Waals surface area contributed by atoms with Crippen molar-refractivity contribution in [2.75, 3.05) is 25.7 Å². The molecule has 1 aromatic heterocycles. The predicted octanol–water partition coefficient (Wildman–Crippen LogP) is 1.43. The molecule has 0 saturated heterocycles. The molecule has 0 aromatic carbocycles. The van der Waals surface area contributed by atoms with Crippen LogP contribution in [0, 0.1) is 0 Å². The molecule has 0 radical (unpaired) electrons. The molecule has 0 aliphatic heterocycles. The van der Waals surface area contributed by atoms with Crippen LogP contribution in [-0.4, -0.2) is 41.5 Å². The van der Waals surface area contributed by atoms with Gasteiger partial charge in [0, 0.05) is 0 Å². The molecule has 1 aromatic rings. The zero-order valence-electron chi connectivity index (χ0n) is 9.52. The Morgan fingerprint density at radius 1 is 1.44 bits per heavy atom. The fraction of sp³-hybridized carbons (Fsp3) is 0.500. The minimum absolute atomic E-state index is 0.0844. The molecule has 5 nitrogen and oxygen atoms in total. The fourth-order valence-corrected chi connectivity index (χ4v) is 1.58. The van der Waals surface area contributed by atoms with Gasteiger partial charge in [0.25, 0.3) is 0 Å². The van der Waals surface area contributed by atoms with Gasteiger partial charge in [0.2, 0.25) is 11.8 Å². The molecule has 0 unspecified atom stereocenters. The Balaban J connectivity index is 2.90. The van der Waals surface area contributed by atoms with Gasteiger partial charge in [0.15, 0.2) is 11.5 Å². The quantitative estimate of drug-likeness (QED) is 0.703. The van der Waals surface area contributed by atoms with Crippen molar-refractivity contribution in [1.29, 1.82) is 0 Å². The Hall–Kier alpha value is -1.30. The molecule has 0 aliphatic rings. The molecule has 0 saturated carbocycles. The fourth-order valence-electron chi connectivity index (χ4n) is 1.05. The number of Topliss-reactive ketones (excluding diaryl/α,β-unsaturated/α-hetero) is 1. The number of hydrogen-bond donors (Lipinski definition) is 0. The summed E-state index contributed by atoms with van der Waals surface area (Å²) in [6, 6.07) is 0. The van der Waals surface area contributed by atoms with E-state index < -0.39 is 0 Å². The van der Waals surface area contributed by atoms with Crippen LogP contribution in [0.1, 0.15) is 17.4 Å². The minimum Gasteiger partial charge on any atom is -0.480 e. The molecule has 0 spiro atoms. The third-order valence-corrected chi connectivity index (χ3v) is 2.70. The van der Waals surface area contributed by atoms with Crippen LogP contribution in [0.2, 0.25) is 0 Å². The predicted molar refractivity (Wildman–Crippen MR) is 62.5 cm³/mol. The summed E-state index contributed by atoms with van der Waals surface area (Å²) in [4.78, 5) is 19.7. The van der Waals surface area contributed by atoms with Gasteiger partial charge in [-0.3, -0.25) is 4.79 Å². The summed E-state index contributed by atoms with van der Waals surface area (Å²) in [5, 5.41) is 0. The number of methoxy groups -OCH3 is 2. The van der Waals surface area contributed by atoms with Crippen molar-refractivity contribution >= 4 is 17.5 Å². The first-order valence-electron chi connectivity index (χ1n) is 4.78. The van der Waals surface area contributed by atoms with E-state index in [1.54, 1.807) is 0 Å². The maximum atomic E-state index is 11.7. The van der Waals surface area contributed by atoms with E-state index in [1.165, 1.54) is 32.2 Å². The highest BCUT2D eigenvalue weighted by Gasteiger charge is 2.16. The second kappa shape index (κ2) is 6.32. The average Bonchev–Trinajstić information content (AvgIpc) is 2.34. The largest absolute Gasteiger partial charge is 0.480 e. The lowest BCUT2D eigenvalue weighted by molar-refractivity contribution is 0.101. The van der Waals surface area contributed by atoms with Crippen molar-refractivity contribution < 1.29 is 14.3 Å². The zero-order chi connectivity index (χ0) is 12.0. The van der Waals surface area contributed by atoms with Crippen LogP contribution in [0.3, 0.4) is 0 Å². The van der Waals surface area contributed by atoms with Crippen LogP contribution in [0.25, 0.3) is 0 Å². The van der Waals surface area contributed by atoms with Crippen molar-refractivity contribution in [3.63, 3.8) is 0 Å². The summed E-state index contributed by atoms with van der Waals surface area (Å²) in [6.07, 6.45) is 1.41. The van der Waals surface area contributed by atoms with Crippen LogP contribution in [0.4, 0.5) is 0 Å². The van der Waals surface area contributed by atoms with Gasteiger partial charge >= 0.3 is 0 Å². The number of nitrogens with zero attached hydrogens (tertiary/aromatic N) is 2. The lowest BCUT2D eigenvalue weighted by Gasteiger charge is -2.06. The van der Waals surface area contributed by atoms with E-state index in [4.69, 9.17) is 9.47 Å². The summed E-state index contributed by atoms with van der Waals surface area (Å²) in [7, 11) is 2.94. The van der Waals surface area contributed by atoms with E-state index >= 15 is 0 Å². The number of thioether (sulfide) groups is 1. The van der Waals surface area contributed by atoms with Gasteiger partial charge in [-0.05, 0) is 5.75 Å². The van der Waals surface area contributed by atoms with Gasteiger partial charge in [-0.1, -0.05) is 6.92 Å². The number of rotatable bonds is 6. The molecule has 0 amide bonds. The van der Waals surface area contributed by atoms with Gasteiger partial charge in [-0.25, -0.2) is 4.98 Å². The van der Waals surface area contributed by atoms with Crippen LogP contribution < -0.4 is 9.47 Å². The molecular formula is C10H14N2O3S. The molecule has 0 N–H and O–H groups in total. The summed E-state index contributed by atoms with van der Waals surface area (Å²) in [6.45, 7) is 1.99. The third-order valence-electron chi connectivity index (χ3n) is 1.82. The monoisotopic (exact) mass is 242 g/mol. The van der Waals surface area contributed by atoms with Crippen molar-refractivity contribution in [1.82, 2.24) is 9.97 Å². The molecule has 16 heavy (non-hydrogen) atoms. The van der Waals surface area contributed by atoms with Gasteiger partial charge in [0.05, 0.1) is 26.2 Å². The summed E-state index contributed by atoms with van der Waals surface area (Å²) >= 11 is 1.54.